The Labute approximate surface area is 433 Å². The largest absolute Gasteiger partial charge is 0.457 e. The zero-order valence-electron chi connectivity index (χ0n) is 42.5. The maximum atomic E-state index is 7.56. The van der Waals surface area contributed by atoms with Gasteiger partial charge in [0, 0.05) is 38.7 Å². The molecule has 0 unspecified atom stereocenters. The van der Waals surface area contributed by atoms with Crippen molar-refractivity contribution in [2.75, 3.05) is 4.90 Å². The summed E-state index contributed by atoms with van der Waals surface area (Å²) < 4.78 is 21.6. The SMILES string of the molecule is CC(C)(C)c1ccc2c(c1)C1(c3ccccc3Oc3c(N(c4ccc5c(c4)C(c4ccccc4)(c4ccccc4)c4ccccc4O5)c4cccc5c4oc4ccccc45)cccc31)c1cc(C(C)(C)C)ccc1-2. The number of ether oxygens (including phenoxy) is 2. The van der Waals surface area contributed by atoms with Crippen LogP contribution in [0.2, 0.25) is 0 Å². The molecule has 1 aromatic heterocycles. The number of rotatable bonds is 5. The lowest BCUT2D eigenvalue weighted by molar-refractivity contribution is 0.434. The van der Waals surface area contributed by atoms with E-state index in [9.17, 15) is 0 Å². The molecule has 0 atom stereocenters. The number of hydrogen-bond acceptors (Lipinski definition) is 4. The fourth-order valence-electron chi connectivity index (χ4n) is 12.7. The fraction of sp³-hybridized carbons (Fsp3) is 0.143. The Kier molecular flexibility index (Phi) is 9.51. The molecule has 0 N–H and O–H groups in total. The number of fused-ring (bicyclic) bond motifs is 14. The van der Waals surface area contributed by atoms with Gasteiger partial charge in [-0.25, -0.2) is 0 Å². The molecular formula is C70H55NO3. The lowest BCUT2D eigenvalue weighted by Gasteiger charge is -2.43. The molecule has 1 aliphatic carbocycles. The van der Waals surface area contributed by atoms with E-state index in [0.717, 1.165) is 95.4 Å². The van der Waals surface area contributed by atoms with Gasteiger partial charge in [0.2, 0.25) is 0 Å². The van der Waals surface area contributed by atoms with Crippen LogP contribution in [0.25, 0.3) is 33.1 Å². The minimum Gasteiger partial charge on any atom is -0.457 e. The van der Waals surface area contributed by atoms with Gasteiger partial charge < -0.3 is 18.8 Å². The van der Waals surface area contributed by atoms with Gasteiger partial charge in [-0.3, -0.25) is 0 Å². The lowest BCUT2D eigenvalue weighted by Crippen LogP contribution is -2.34. The smallest absolute Gasteiger partial charge is 0.159 e. The number of hydrogen-bond donors (Lipinski definition) is 0. The number of nitrogens with zero attached hydrogens (tertiary/aromatic N) is 1. The number of para-hydroxylation sites is 5. The highest BCUT2D eigenvalue weighted by molar-refractivity contribution is 6.10. The third kappa shape index (κ3) is 6.21. The van der Waals surface area contributed by atoms with Gasteiger partial charge in [0.1, 0.15) is 22.8 Å². The van der Waals surface area contributed by atoms with E-state index in [4.69, 9.17) is 13.9 Å². The molecule has 2 aliphatic heterocycles. The summed E-state index contributed by atoms with van der Waals surface area (Å²) in [5.74, 6) is 3.25. The van der Waals surface area contributed by atoms with Crippen molar-refractivity contribution in [2.24, 2.45) is 0 Å². The van der Waals surface area contributed by atoms with Crippen molar-refractivity contribution < 1.29 is 13.9 Å². The molecule has 0 fully saturated rings. The van der Waals surface area contributed by atoms with Gasteiger partial charge in [-0.2, -0.15) is 0 Å². The zero-order valence-corrected chi connectivity index (χ0v) is 42.5. The van der Waals surface area contributed by atoms with Crippen molar-refractivity contribution in [1.29, 1.82) is 0 Å². The fourth-order valence-corrected chi connectivity index (χ4v) is 12.7. The molecule has 14 rings (SSSR count). The van der Waals surface area contributed by atoms with E-state index in [-0.39, 0.29) is 10.8 Å². The predicted molar refractivity (Wildman–Crippen MR) is 302 cm³/mol. The van der Waals surface area contributed by atoms with Crippen LogP contribution in [-0.2, 0) is 21.7 Å². The van der Waals surface area contributed by atoms with E-state index in [1.54, 1.807) is 0 Å². The van der Waals surface area contributed by atoms with Crippen molar-refractivity contribution in [3.8, 4) is 34.1 Å². The first kappa shape index (κ1) is 44.1. The predicted octanol–water partition coefficient (Wildman–Crippen LogP) is 18.6. The molecular weight excluding hydrogens is 903 g/mol. The lowest BCUT2D eigenvalue weighted by atomic mass is 9.63. The monoisotopic (exact) mass is 957 g/mol. The second-order valence-corrected chi connectivity index (χ2v) is 22.4. The van der Waals surface area contributed by atoms with Crippen LogP contribution in [0.15, 0.2) is 229 Å². The van der Waals surface area contributed by atoms with Crippen molar-refractivity contribution in [1.82, 2.24) is 0 Å². The minimum absolute atomic E-state index is 0.0929. The molecule has 74 heavy (non-hydrogen) atoms. The average Bonchev–Trinajstić information content (AvgIpc) is 3.97. The molecule has 4 heteroatoms. The van der Waals surface area contributed by atoms with E-state index in [1.165, 1.54) is 33.4 Å². The third-order valence-electron chi connectivity index (χ3n) is 16.2. The molecule has 4 nitrogen and oxygen atoms in total. The Morgan fingerprint density at radius 3 is 1.53 bits per heavy atom. The molecule has 358 valence electrons. The molecule has 0 saturated heterocycles. The number of furan rings is 1. The topological polar surface area (TPSA) is 34.8 Å². The van der Waals surface area contributed by atoms with Crippen LogP contribution >= 0.6 is 0 Å². The summed E-state index contributed by atoms with van der Waals surface area (Å²) in [4.78, 5) is 2.38. The van der Waals surface area contributed by atoms with Gasteiger partial charge in [-0.1, -0.05) is 217 Å². The van der Waals surface area contributed by atoms with Crippen LogP contribution in [0.4, 0.5) is 17.1 Å². The molecule has 0 amide bonds. The second-order valence-electron chi connectivity index (χ2n) is 22.4. The molecule has 0 saturated carbocycles. The van der Waals surface area contributed by atoms with Crippen LogP contribution in [0, 0.1) is 0 Å². The Hall–Kier alpha value is -8.60. The van der Waals surface area contributed by atoms with Gasteiger partial charge in [0.15, 0.2) is 11.3 Å². The van der Waals surface area contributed by atoms with E-state index >= 15 is 0 Å². The summed E-state index contributed by atoms with van der Waals surface area (Å²) in [6.45, 7) is 13.9. The minimum atomic E-state index is -0.748. The third-order valence-corrected chi connectivity index (χ3v) is 16.2. The number of anilines is 3. The van der Waals surface area contributed by atoms with Gasteiger partial charge in [0.25, 0.3) is 0 Å². The van der Waals surface area contributed by atoms with Crippen LogP contribution in [-0.4, -0.2) is 0 Å². The van der Waals surface area contributed by atoms with Gasteiger partial charge in [0.05, 0.1) is 22.2 Å². The van der Waals surface area contributed by atoms with Crippen molar-refractivity contribution >= 4 is 39.0 Å². The Morgan fingerprint density at radius 2 is 0.878 bits per heavy atom. The Balaban J connectivity index is 1.10. The standard InChI is InChI=1S/C70H55NO3/c1-67(2,3)46-35-38-49-50-39-36-47(68(4,5)6)42-57(50)70(56(49)41-46)54-28-15-18-34-63(54)74-66-55(70)29-20-31-60(66)71(59-30-19-26-52-51-25-13-16-32-61(51)73-65(52)59)48-37-40-64-58(43-48)69(44-21-9-7-10-22-44,45-23-11-8-12-24-45)53-27-14-17-33-62(53)72-64/h7-43H,1-6H3. The van der Waals surface area contributed by atoms with Crippen LogP contribution in [0.5, 0.6) is 23.0 Å². The van der Waals surface area contributed by atoms with Crippen molar-refractivity contribution in [2.45, 2.75) is 63.2 Å². The van der Waals surface area contributed by atoms with E-state index in [1.807, 2.05) is 6.07 Å². The van der Waals surface area contributed by atoms with Crippen molar-refractivity contribution in [3.05, 3.63) is 280 Å². The van der Waals surface area contributed by atoms with E-state index < -0.39 is 10.8 Å². The molecule has 3 heterocycles. The highest BCUT2D eigenvalue weighted by atomic mass is 16.5. The Bertz CT molecular complexity index is 3950. The molecule has 10 aromatic carbocycles. The van der Waals surface area contributed by atoms with Crippen molar-refractivity contribution in [3.63, 3.8) is 0 Å². The van der Waals surface area contributed by atoms with Crippen LogP contribution in [0.3, 0.4) is 0 Å². The van der Waals surface area contributed by atoms with Gasteiger partial charge >= 0.3 is 0 Å². The molecule has 1 spiro atoms. The first-order valence-corrected chi connectivity index (χ1v) is 25.9. The summed E-state index contributed by atoms with van der Waals surface area (Å²) in [6, 6.07) is 81.7. The highest BCUT2D eigenvalue weighted by Crippen LogP contribution is 2.65. The maximum absolute atomic E-state index is 7.56. The van der Waals surface area contributed by atoms with Crippen LogP contribution in [0.1, 0.15) is 97.2 Å². The normalized spacial score (nSPS) is 14.5. The quantitative estimate of drug-likeness (QED) is 0.172. The molecule has 11 aromatic rings. The number of benzene rings is 10. The van der Waals surface area contributed by atoms with Gasteiger partial charge in [-0.15, -0.1) is 0 Å². The highest BCUT2D eigenvalue weighted by Gasteiger charge is 2.53. The van der Waals surface area contributed by atoms with Crippen LogP contribution < -0.4 is 14.4 Å². The summed E-state index contributed by atoms with van der Waals surface area (Å²) in [5, 5.41) is 2.10. The molecule has 3 aliphatic rings. The summed E-state index contributed by atoms with van der Waals surface area (Å²) in [6.07, 6.45) is 0. The first-order valence-electron chi connectivity index (χ1n) is 25.9. The first-order chi connectivity index (χ1) is 36.0. The Morgan fingerprint density at radius 1 is 0.365 bits per heavy atom. The maximum Gasteiger partial charge on any atom is 0.159 e. The van der Waals surface area contributed by atoms with E-state index in [0.29, 0.717) is 0 Å². The molecule has 0 radical (unpaired) electrons. The zero-order chi connectivity index (χ0) is 50.1. The summed E-state index contributed by atoms with van der Waals surface area (Å²) in [5.41, 5.74) is 16.9. The second kappa shape index (κ2) is 15.9. The summed E-state index contributed by atoms with van der Waals surface area (Å²) in [7, 11) is 0. The summed E-state index contributed by atoms with van der Waals surface area (Å²) >= 11 is 0. The van der Waals surface area contributed by atoms with E-state index in [2.05, 4.69) is 265 Å². The van der Waals surface area contributed by atoms with Gasteiger partial charge in [-0.05, 0) is 104 Å². The molecule has 0 bridgehead atoms. The average molecular weight is 958 g/mol.